The van der Waals surface area contributed by atoms with Crippen molar-refractivity contribution >= 4 is 0 Å². The molecule has 0 aliphatic carbocycles. The Balaban J connectivity index is 2.26. The van der Waals surface area contributed by atoms with Crippen LogP contribution in [0.4, 0.5) is 4.39 Å². The van der Waals surface area contributed by atoms with Gasteiger partial charge in [-0.15, -0.1) is 0 Å². The van der Waals surface area contributed by atoms with Gasteiger partial charge in [-0.05, 0) is 12.1 Å². The van der Waals surface area contributed by atoms with E-state index >= 15 is 0 Å². The Morgan fingerprint density at radius 3 is 2.83 bits per heavy atom. The van der Waals surface area contributed by atoms with Crippen LogP contribution in [0.2, 0.25) is 0 Å². The summed E-state index contributed by atoms with van der Waals surface area (Å²) in [6.45, 7) is 1.06. The molecule has 63 valence electrons. The second-order valence-corrected chi connectivity index (χ2v) is 2.52. The minimum atomic E-state index is -0.528. The lowest BCUT2D eigenvalue weighted by molar-refractivity contribution is -0.0464. The van der Waals surface area contributed by atoms with Crippen LogP contribution in [0.3, 0.4) is 0 Å². The molecule has 12 heavy (non-hydrogen) atoms. The molecule has 1 heterocycles. The summed E-state index contributed by atoms with van der Waals surface area (Å²) >= 11 is 0. The summed E-state index contributed by atoms with van der Waals surface area (Å²) in [6.07, 6.45) is -0.528. The maximum absolute atomic E-state index is 13.1. The van der Waals surface area contributed by atoms with E-state index in [-0.39, 0.29) is 5.82 Å². The number of benzene rings is 1. The van der Waals surface area contributed by atoms with Gasteiger partial charge >= 0.3 is 0 Å². The number of hydrogen-bond donors (Lipinski definition) is 0. The Morgan fingerprint density at radius 2 is 2.17 bits per heavy atom. The summed E-state index contributed by atoms with van der Waals surface area (Å²) in [5.41, 5.74) is 0.450. The van der Waals surface area contributed by atoms with Gasteiger partial charge in [0.25, 0.3) is 0 Å². The Labute approximate surface area is 69.9 Å². The Hall–Kier alpha value is -0.930. The van der Waals surface area contributed by atoms with Crippen LogP contribution in [0.15, 0.2) is 18.2 Å². The van der Waals surface area contributed by atoms with Gasteiger partial charge in [-0.2, -0.15) is 0 Å². The van der Waals surface area contributed by atoms with Crippen molar-refractivity contribution in [2.45, 2.75) is 6.29 Å². The molecular weight excluding hydrogens is 159 g/mol. The molecule has 2 rings (SSSR count). The van der Waals surface area contributed by atoms with Crippen LogP contribution in [0, 0.1) is 11.9 Å². The van der Waals surface area contributed by atoms with Crippen LogP contribution in [0.25, 0.3) is 0 Å². The molecule has 0 spiro atoms. The molecular formula is C9H8FO2. The van der Waals surface area contributed by atoms with Gasteiger partial charge in [-0.3, -0.25) is 0 Å². The van der Waals surface area contributed by atoms with Crippen LogP contribution in [-0.2, 0) is 9.47 Å². The molecule has 0 bridgehead atoms. The lowest BCUT2D eigenvalue weighted by Gasteiger charge is -2.08. The van der Waals surface area contributed by atoms with Crippen molar-refractivity contribution in [2.24, 2.45) is 0 Å². The van der Waals surface area contributed by atoms with E-state index in [0.29, 0.717) is 18.8 Å². The highest BCUT2D eigenvalue weighted by Gasteiger charge is 2.20. The van der Waals surface area contributed by atoms with Crippen molar-refractivity contribution in [1.29, 1.82) is 0 Å². The SMILES string of the molecule is Fc1c[c]ccc1C1OCCO1. The first kappa shape index (κ1) is 7.71. The molecule has 0 atom stereocenters. The topological polar surface area (TPSA) is 18.5 Å². The molecule has 1 fully saturated rings. The van der Waals surface area contributed by atoms with E-state index in [1.165, 1.54) is 6.07 Å². The van der Waals surface area contributed by atoms with Gasteiger partial charge in [-0.25, -0.2) is 4.39 Å². The molecule has 1 aromatic rings. The molecule has 0 saturated carbocycles. The molecule has 1 aliphatic rings. The summed E-state index contributed by atoms with van der Waals surface area (Å²) < 4.78 is 23.3. The van der Waals surface area contributed by atoms with Crippen molar-refractivity contribution in [3.05, 3.63) is 35.6 Å². The smallest absolute Gasteiger partial charge is 0.186 e. The maximum atomic E-state index is 13.1. The van der Waals surface area contributed by atoms with E-state index in [1.807, 2.05) is 0 Å². The number of halogens is 1. The number of hydrogen-bond acceptors (Lipinski definition) is 2. The molecule has 0 amide bonds. The van der Waals surface area contributed by atoms with Crippen LogP contribution in [-0.4, -0.2) is 13.2 Å². The van der Waals surface area contributed by atoms with Gasteiger partial charge in [0, 0.05) is 5.56 Å². The van der Waals surface area contributed by atoms with E-state index < -0.39 is 6.29 Å². The predicted molar refractivity (Wildman–Crippen MR) is 39.9 cm³/mol. The van der Waals surface area contributed by atoms with Crippen molar-refractivity contribution in [3.63, 3.8) is 0 Å². The van der Waals surface area contributed by atoms with Crippen LogP contribution in [0.5, 0.6) is 0 Å². The quantitative estimate of drug-likeness (QED) is 0.633. The zero-order valence-electron chi connectivity index (χ0n) is 6.42. The van der Waals surface area contributed by atoms with Crippen molar-refractivity contribution < 1.29 is 13.9 Å². The van der Waals surface area contributed by atoms with Gasteiger partial charge in [0.05, 0.1) is 13.2 Å². The fraction of sp³-hybridized carbons (Fsp3) is 0.333. The lowest BCUT2D eigenvalue weighted by Crippen LogP contribution is -2.00. The molecule has 1 saturated heterocycles. The second kappa shape index (κ2) is 3.21. The van der Waals surface area contributed by atoms with E-state index in [0.717, 1.165) is 0 Å². The van der Waals surface area contributed by atoms with E-state index in [9.17, 15) is 4.39 Å². The zero-order valence-corrected chi connectivity index (χ0v) is 6.42. The largest absolute Gasteiger partial charge is 0.346 e. The number of rotatable bonds is 1. The Kier molecular flexibility index (Phi) is 2.06. The van der Waals surface area contributed by atoms with E-state index in [1.54, 1.807) is 12.1 Å². The van der Waals surface area contributed by atoms with Gasteiger partial charge in [0.1, 0.15) is 5.82 Å². The fourth-order valence-corrected chi connectivity index (χ4v) is 1.15. The van der Waals surface area contributed by atoms with Crippen molar-refractivity contribution in [1.82, 2.24) is 0 Å². The third-order valence-corrected chi connectivity index (χ3v) is 1.72. The Morgan fingerprint density at radius 1 is 1.42 bits per heavy atom. The first-order valence-corrected chi connectivity index (χ1v) is 3.76. The van der Waals surface area contributed by atoms with Crippen LogP contribution in [0.1, 0.15) is 11.9 Å². The zero-order chi connectivity index (χ0) is 8.39. The third-order valence-electron chi connectivity index (χ3n) is 1.72. The summed E-state index contributed by atoms with van der Waals surface area (Å²) in [7, 11) is 0. The molecule has 0 unspecified atom stereocenters. The first-order chi connectivity index (χ1) is 5.88. The van der Waals surface area contributed by atoms with Crippen molar-refractivity contribution in [2.75, 3.05) is 13.2 Å². The van der Waals surface area contributed by atoms with E-state index in [4.69, 9.17) is 9.47 Å². The number of ether oxygens (including phenoxy) is 2. The van der Waals surface area contributed by atoms with Gasteiger partial charge in [-0.1, -0.05) is 12.1 Å². The summed E-state index contributed by atoms with van der Waals surface area (Å²) in [4.78, 5) is 0. The van der Waals surface area contributed by atoms with Gasteiger partial charge in [0.15, 0.2) is 6.29 Å². The average Bonchev–Trinajstić information content (AvgIpc) is 2.57. The summed E-state index contributed by atoms with van der Waals surface area (Å²) in [5.74, 6) is -0.329. The molecule has 1 aromatic carbocycles. The highest BCUT2D eigenvalue weighted by atomic mass is 19.1. The minimum Gasteiger partial charge on any atom is -0.346 e. The molecule has 0 aromatic heterocycles. The average molecular weight is 167 g/mol. The minimum absolute atomic E-state index is 0.329. The monoisotopic (exact) mass is 167 g/mol. The molecule has 0 N–H and O–H groups in total. The Bertz CT molecular complexity index is 269. The predicted octanol–water partition coefficient (Wildman–Crippen LogP) is 1.67. The summed E-state index contributed by atoms with van der Waals surface area (Å²) in [5, 5.41) is 0. The molecule has 1 aliphatic heterocycles. The summed E-state index contributed by atoms with van der Waals surface area (Å²) in [6, 6.07) is 7.18. The first-order valence-electron chi connectivity index (χ1n) is 3.76. The normalized spacial score (nSPS) is 18.4. The van der Waals surface area contributed by atoms with Crippen LogP contribution >= 0.6 is 0 Å². The molecule has 2 nitrogen and oxygen atoms in total. The molecule has 1 radical (unpaired) electrons. The second-order valence-electron chi connectivity index (χ2n) is 2.52. The highest BCUT2D eigenvalue weighted by molar-refractivity contribution is 5.18. The fourth-order valence-electron chi connectivity index (χ4n) is 1.15. The van der Waals surface area contributed by atoms with E-state index in [2.05, 4.69) is 6.07 Å². The van der Waals surface area contributed by atoms with Gasteiger partial charge < -0.3 is 9.47 Å². The third kappa shape index (κ3) is 1.33. The maximum Gasteiger partial charge on any atom is 0.186 e. The standard InChI is InChI=1S/C9H8FO2/c10-8-4-2-1-3-7(8)9-11-5-6-12-9/h1,3-4,9H,5-6H2. The molecule has 3 heteroatoms. The lowest BCUT2D eigenvalue weighted by atomic mass is 10.2. The van der Waals surface area contributed by atoms with Crippen molar-refractivity contribution in [3.8, 4) is 0 Å². The van der Waals surface area contributed by atoms with Crippen LogP contribution < -0.4 is 0 Å². The highest BCUT2D eigenvalue weighted by Crippen LogP contribution is 2.24. The van der Waals surface area contributed by atoms with Gasteiger partial charge in [0.2, 0.25) is 0 Å².